The number of nitrogens with one attached hydrogen (secondary N) is 1. The van der Waals surface area contributed by atoms with Crippen LogP contribution >= 0.6 is 0 Å². The van der Waals surface area contributed by atoms with E-state index in [9.17, 15) is 9.90 Å². The van der Waals surface area contributed by atoms with Crippen molar-refractivity contribution >= 4 is 11.5 Å². The van der Waals surface area contributed by atoms with Gasteiger partial charge in [-0.2, -0.15) is 0 Å². The Kier molecular flexibility index (Phi) is 4.90. The first kappa shape index (κ1) is 20.6. The summed E-state index contributed by atoms with van der Waals surface area (Å²) in [6.07, 6.45) is 8.72. The number of hydrogen-bond donors (Lipinski definition) is 2. The molecule has 5 rings (SSSR count). The molecule has 1 aromatic carbocycles. The fourth-order valence-corrected chi connectivity index (χ4v) is 7.13. The molecular formula is C28H33NO2. The van der Waals surface area contributed by atoms with E-state index in [0.29, 0.717) is 11.8 Å². The van der Waals surface area contributed by atoms with Gasteiger partial charge in [-0.05, 0) is 98.6 Å². The zero-order valence-corrected chi connectivity index (χ0v) is 18.9. The van der Waals surface area contributed by atoms with Gasteiger partial charge >= 0.3 is 0 Å². The van der Waals surface area contributed by atoms with E-state index >= 15 is 0 Å². The monoisotopic (exact) mass is 415 g/mol. The van der Waals surface area contributed by atoms with E-state index in [1.165, 1.54) is 11.1 Å². The molecular weight excluding hydrogens is 382 g/mol. The number of anilines is 1. The summed E-state index contributed by atoms with van der Waals surface area (Å²) in [5, 5.41) is 14.5. The molecule has 0 aromatic heterocycles. The van der Waals surface area contributed by atoms with Crippen molar-refractivity contribution in [1.82, 2.24) is 0 Å². The average molecular weight is 416 g/mol. The van der Waals surface area contributed by atoms with Crippen LogP contribution in [0, 0.1) is 29.1 Å². The third-order valence-electron chi connectivity index (χ3n) is 8.93. The van der Waals surface area contributed by atoms with Gasteiger partial charge in [-0.15, -0.1) is 5.92 Å². The van der Waals surface area contributed by atoms with Gasteiger partial charge in [0.2, 0.25) is 0 Å². The Balaban J connectivity index is 1.49. The van der Waals surface area contributed by atoms with Crippen molar-refractivity contribution in [3.05, 3.63) is 52.6 Å². The van der Waals surface area contributed by atoms with Crippen molar-refractivity contribution in [2.75, 3.05) is 12.4 Å². The molecule has 1 aromatic rings. The third-order valence-corrected chi connectivity index (χ3v) is 8.93. The first-order valence-electron chi connectivity index (χ1n) is 11.8. The van der Waals surface area contributed by atoms with Crippen molar-refractivity contribution in [2.24, 2.45) is 17.3 Å². The van der Waals surface area contributed by atoms with Crippen LogP contribution in [0.5, 0.6) is 0 Å². The highest BCUT2D eigenvalue weighted by atomic mass is 16.3. The van der Waals surface area contributed by atoms with Gasteiger partial charge in [-0.1, -0.05) is 30.6 Å². The van der Waals surface area contributed by atoms with Crippen molar-refractivity contribution in [3.63, 3.8) is 0 Å². The maximum atomic E-state index is 13.0. The number of allylic oxidation sites excluding steroid dienone is 4. The zero-order valence-electron chi connectivity index (χ0n) is 18.9. The molecule has 0 saturated heterocycles. The standard InChI is InChI=1S/C28H33NO2/c1-4-13-28(31)15-12-25-22-10-7-19-16-26(30)24(18-5-8-20(29-3)9-6-18)17-23(19)21(22)11-14-27(25,28)2/h5-6,8-9,16,22,24-25,29,31H,7,10-12,14-15,17H2,1-3H3/t22-,24?,25+,27+,28-/m1/s1. The molecule has 2 fully saturated rings. The van der Waals surface area contributed by atoms with Gasteiger partial charge in [0, 0.05) is 18.2 Å². The highest BCUT2D eigenvalue weighted by Crippen LogP contribution is 2.63. The quantitative estimate of drug-likeness (QED) is 0.638. The molecule has 4 aliphatic carbocycles. The van der Waals surface area contributed by atoms with E-state index in [-0.39, 0.29) is 17.1 Å². The molecule has 0 radical (unpaired) electrons. The second-order valence-electron chi connectivity index (χ2n) is 10.1. The number of ketones is 1. The highest BCUT2D eigenvalue weighted by molar-refractivity contribution is 5.98. The first-order valence-corrected chi connectivity index (χ1v) is 11.8. The fraction of sp³-hybridized carbons (Fsp3) is 0.536. The molecule has 0 bridgehead atoms. The van der Waals surface area contributed by atoms with Crippen LogP contribution in [0.1, 0.15) is 70.3 Å². The Morgan fingerprint density at radius 1 is 1.13 bits per heavy atom. The van der Waals surface area contributed by atoms with E-state index < -0.39 is 5.60 Å². The minimum Gasteiger partial charge on any atom is -0.388 e. The molecule has 3 nitrogen and oxygen atoms in total. The summed E-state index contributed by atoms with van der Waals surface area (Å²) in [6, 6.07) is 8.31. The Hall–Kier alpha value is -2.31. The lowest BCUT2D eigenvalue weighted by Crippen LogP contribution is -2.49. The largest absolute Gasteiger partial charge is 0.388 e. The molecule has 0 spiro atoms. The predicted molar refractivity (Wildman–Crippen MR) is 125 cm³/mol. The highest BCUT2D eigenvalue weighted by Gasteiger charge is 2.60. The van der Waals surface area contributed by atoms with Crippen LogP contribution in [0.3, 0.4) is 0 Å². The molecule has 1 unspecified atom stereocenters. The van der Waals surface area contributed by atoms with Crippen molar-refractivity contribution < 1.29 is 9.90 Å². The summed E-state index contributed by atoms with van der Waals surface area (Å²) in [5.74, 6) is 7.38. The average Bonchev–Trinajstić information content (AvgIpc) is 3.04. The molecule has 2 saturated carbocycles. The molecule has 162 valence electrons. The first-order chi connectivity index (χ1) is 14.9. The lowest BCUT2D eigenvalue weighted by Gasteiger charge is -2.50. The van der Waals surface area contributed by atoms with Gasteiger partial charge in [-0.25, -0.2) is 0 Å². The van der Waals surface area contributed by atoms with E-state index in [1.54, 1.807) is 5.57 Å². The van der Waals surface area contributed by atoms with Gasteiger partial charge in [0.1, 0.15) is 5.60 Å². The van der Waals surface area contributed by atoms with Gasteiger partial charge in [0.05, 0.1) is 5.92 Å². The normalized spacial score (nSPS) is 36.6. The number of hydrogen-bond acceptors (Lipinski definition) is 3. The Morgan fingerprint density at radius 3 is 2.61 bits per heavy atom. The fourth-order valence-electron chi connectivity index (χ4n) is 7.13. The summed E-state index contributed by atoms with van der Waals surface area (Å²) in [6.45, 7) is 4.11. The molecule has 5 atom stereocenters. The maximum absolute atomic E-state index is 13.0. The molecule has 3 heteroatoms. The maximum Gasteiger partial charge on any atom is 0.163 e. The molecule has 4 aliphatic rings. The number of fused-ring (bicyclic) bond motifs is 4. The van der Waals surface area contributed by atoms with Crippen molar-refractivity contribution in [2.45, 2.75) is 70.3 Å². The second kappa shape index (κ2) is 7.38. The van der Waals surface area contributed by atoms with Gasteiger partial charge in [-0.3, -0.25) is 4.79 Å². The lowest BCUT2D eigenvalue weighted by atomic mass is 9.55. The topological polar surface area (TPSA) is 49.3 Å². The van der Waals surface area contributed by atoms with E-state index in [4.69, 9.17) is 0 Å². The summed E-state index contributed by atoms with van der Waals surface area (Å²) < 4.78 is 0. The summed E-state index contributed by atoms with van der Waals surface area (Å²) in [4.78, 5) is 13.0. The number of benzene rings is 1. The summed E-state index contributed by atoms with van der Waals surface area (Å²) in [7, 11) is 1.91. The Bertz CT molecular complexity index is 1040. The summed E-state index contributed by atoms with van der Waals surface area (Å²) in [5.41, 5.74) is 5.53. The van der Waals surface area contributed by atoms with E-state index in [1.807, 2.05) is 20.0 Å². The Labute approximate surface area is 186 Å². The van der Waals surface area contributed by atoms with Crippen LogP contribution in [0.4, 0.5) is 5.69 Å². The minimum absolute atomic E-state index is 0.0734. The van der Waals surface area contributed by atoms with Gasteiger partial charge in [0.15, 0.2) is 5.78 Å². The van der Waals surface area contributed by atoms with Crippen LogP contribution < -0.4 is 5.32 Å². The van der Waals surface area contributed by atoms with Crippen LogP contribution in [0.2, 0.25) is 0 Å². The zero-order chi connectivity index (χ0) is 21.8. The van der Waals surface area contributed by atoms with Crippen molar-refractivity contribution in [1.29, 1.82) is 0 Å². The number of rotatable bonds is 2. The predicted octanol–water partition coefficient (Wildman–Crippen LogP) is 5.38. The Morgan fingerprint density at radius 2 is 1.90 bits per heavy atom. The smallest absolute Gasteiger partial charge is 0.163 e. The second-order valence-corrected chi connectivity index (χ2v) is 10.1. The van der Waals surface area contributed by atoms with E-state index in [2.05, 4.69) is 48.3 Å². The molecule has 0 amide bonds. The SMILES string of the molecule is CC#C[C@@]1(O)CC[C@H]2[C@@H]3CCC4=CC(=O)C(c5ccc(NC)cc5)CC4=C3CC[C@@]21C. The molecule has 31 heavy (non-hydrogen) atoms. The number of carbonyl (C=O) groups excluding carboxylic acids is 1. The lowest BCUT2D eigenvalue weighted by molar-refractivity contribution is -0.116. The minimum atomic E-state index is -0.848. The molecule has 0 aliphatic heterocycles. The van der Waals surface area contributed by atoms with Gasteiger partial charge < -0.3 is 10.4 Å². The van der Waals surface area contributed by atoms with Crippen LogP contribution in [-0.4, -0.2) is 23.5 Å². The summed E-state index contributed by atoms with van der Waals surface area (Å²) >= 11 is 0. The van der Waals surface area contributed by atoms with Crippen LogP contribution in [0.25, 0.3) is 0 Å². The van der Waals surface area contributed by atoms with Crippen LogP contribution in [0.15, 0.2) is 47.1 Å². The van der Waals surface area contributed by atoms with Crippen molar-refractivity contribution in [3.8, 4) is 11.8 Å². The molecule has 0 heterocycles. The number of aliphatic hydroxyl groups is 1. The van der Waals surface area contributed by atoms with Crippen LogP contribution in [-0.2, 0) is 4.79 Å². The van der Waals surface area contributed by atoms with E-state index in [0.717, 1.165) is 56.2 Å². The molecule has 2 N–H and O–H groups in total. The number of carbonyl (C=O) groups is 1. The third kappa shape index (κ3) is 3.03. The van der Waals surface area contributed by atoms with Gasteiger partial charge in [0.25, 0.3) is 0 Å².